The molecule has 40 heavy (non-hydrogen) atoms. The molecule has 3 aliphatic rings. The van der Waals surface area contributed by atoms with Crippen molar-refractivity contribution < 1.29 is 36.6 Å². The summed E-state index contributed by atoms with van der Waals surface area (Å²) in [5.74, 6) is -0.528. The molecule has 3 aliphatic heterocycles. The summed E-state index contributed by atoms with van der Waals surface area (Å²) in [4.78, 5) is 19.7. The summed E-state index contributed by atoms with van der Waals surface area (Å²) in [7, 11) is 3.23. The normalized spacial score (nSPS) is 20.6. The fourth-order valence-electron chi connectivity index (χ4n) is 6.45. The summed E-state index contributed by atoms with van der Waals surface area (Å²) >= 11 is 0. The number of methoxy groups -OCH3 is 2. The van der Waals surface area contributed by atoms with Gasteiger partial charge in [-0.1, -0.05) is 19.1 Å². The molecule has 1 spiro atoms. The quantitative estimate of drug-likeness (QED) is 0.402. The SMILES string of the molecule is CCN1C(=O)N2Cc3cc(OC)cc(OC)c3[C@H](C)C=C2C12CCN(Cc1ccc(F)c(OC(F)(F)F)c1)CC2. The average Bonchev–Trinajstić information content (AvgIpc) is 3.01. The molecule has 7 nitrogen and oxygen atoms in total. The van der Waals surface area contributed by atoms with Crippen LogP contribution in [0, 0.1) is 5.82 Å². The molecule has 0 aliphatic carbocycles. The lowest BCUT2D eigenvalue weighted by Crippen LogP contribution is -2.53. The number of benzene rings is 2. The highest BCUT2D eigenvalue weighted by Gasteiger charge is 2.54. The number of allylic oxidation sites excluding steroid dienone is 1. The second-order valence-electron chi connectivity index (χ2n) is 10.5. The molecular formula is C29H33F4N3O4. The van der Waals surface area contributed by atoms with Gasteiger partial charge in [0.2, 0.25) is 0 Å². The van der Waals surface area contributed by atoms with E-state index in [0.29, 0.717) is 56.9 Å². The number of rotatable bonds is 6. The molecular weight excluding hydrogens is 530 g/mol. The smallest absolute Gasteiger partial charge is 0.497 e. The van der Waals surface area contributed by atoms with Crippen molar-refractivity contribution in [1.29, 1.82) is 0 Å². The monoisotopic (exact) mass is 563 g/mol. The Labute approximate surface area is 230 Å². The van der Waals surface area contributed by atoms with Crippen LogP contribution in [0.1, 0.15) is 49.3 Å². The molecule has 2 fully saturated rings. The van der Waals surface area contributed by atoms with Crippen molar-refractivity contribution in [2.45, 2.75) is 57.6 Å². The van der Waals surface area contributed by atoms with Crippen LogP contribution in [0.2, 0.25) is 0 Å². The second-order valence-corrected chi connectivity index (χ2v) is 10.5. The van der Waals surface area contributed by atoms with Crippen LogP contribution in [0.3, 0.4) is 0 Å². The van der Waals surface area contributed by atoms with Crippen molar-refractivity contribution in [1.82, 2.24) is 14.7 Å². The number of carbonyl (C=O) groups is 1. The molecule has 0 aromatic heterocycles. The van der Waals surface area contributed by atoms with E-state index in [1.807, 2.05) is 28.9 Å². The molecule has 0 saturated carbocycles. The van der Waals surface area contributed by atoms with Crippen LogP contribution in [-0.4, -0.2) is 66.5 Å². The number of amides is 2. The first kappa shape index (κ1) is 28.1. The Balaban J connectivity index is 1.40. The van der Waals surface area contributed by atoms with Gasteiger partial charge in [-0.2, -0.15) is 0 Å². The number of likely N-dealkylation sites (N-methyl/N-ethyl adjacent to an activating group) is 1. The lowest BCUT2D eigenvalue weighted by Gasteiger charge is -2.44. The minimum absolute atomic E-state index is 0.0124. The number of ether oxygens (including phenoxy) is 3. The van der Waals surface area contributed by atoms with Gasteiger partial charge < -0.3 is 19.1 Å². The van der Waals surface area contributed by atoms with Crippen LogP contribution in [0.15, 0.2) is 42.1 Å². The largest absolute Gasteiger partial charge is 0.573 e. The zero-order valence-corrected chi connectivity index (χ0v) is 23.0. The Kier molecular flexibility index (Phi) is 7.37. The van der Waals surface area contributed by atoms with E-state index in [4.69, 9.17) is 9.47 Å². The summed E-state index contributed by atoms with van der Waals surface area (Å²) in [6.07, 6.45) is -1.48. The van der Waals surface area contributed by atoms with E-state index in [9.17, 15) is 22.4 Å². The Morgan fingerprint density at radius 1 is 1.05 bits per heavy atom. The Hall–Kier alpha value is -3.47. The van der Waals surface area contributed by atoms with Gasteiger partial charge in [0.25, 0.3) is 0 Å². The Bertz CT molecular complexity index is 1320. The number of piperidine rings is 1. The van der Waals surface area contributed by atoms with Gasteiger partial charge in [-0.05, 0) is 49.1 Å². The van der Waals surface area contributed by atoms with E-state index in [1.54, 1.807) is 14.2 Å². The zero-order valence-electron chi connectivity index (χ0n) is 23.0. The molecule has 3 heterocycles. The van der Waals surface area contributed by atoms with Gasteiger partial charge in [0.15, 0.2) is 11.6 Å². The van der Waals surface area contributed by atoms with Crippen LogP contribution in [0.5, 0.6) is 17.2 Å². The van der Waals surface area contributed by atoms with Crippen molar-refractivity contribution in [2.24, 2.45) is 0 Å². The maximum Gasteiger partial charge on any atom is 0.573 e. The van der Waals surface area contributed by atoms with E-state index in [1.165, 1.54) is 6.07 Å². The summed E-state index contributed by atoms with van der Waals surface area (Å²) in [6.45, 7) is 6.58. The third-order valence-corrected chi connectivity index (χ3v) is 8.22. The highest BCUT2D eigenvalue weighted by atomic mass is 19.4. The zero-order chi connectivity index (χ0) is 28.8. The van der Waals surface area contributed by atoms with Crippen molar-refractivity contribution >= 4 is 6.03 Å². The van der Waals surface area contributed by atoms with Crippen LogP contribution < -0.4 is 14.2 Å². The number of nitrogens with zero attached hydrogens (tertiary/aromatic N) is 3. The highest BCUT2D eigenvalue weighted by molar-refractivity contribution is 5.83. The van der Waals surface area contributed by atoms with Crippen LogP contribution in [0.4, 0.5) is 22.4 Å². The minimum Gasteiger partial charge on any atom is -0.497 e. The molecule has 5 rings (SSSR count). The van der Waals surface area contributed by atoms with Crippen molar-refractivity contribution in [2.75, 3.05) is 33.9 Å². The summed E-state index contributed by atoms with van der Waals surface area (Å²) < 4.78 is 67.0. The number of fused-ring (bicyclic) bond motifs is 3. The molecule has 2 aromatic rings. The second kappa shape index (κ2) is 10.5. The fraction of sp³-hybridized carbons (Fsp3) is 0.483. The molecule has 0 N–H and O–H groups in total. The lowest BCUT2D eigenvalue weighted by molar-refractivity contribution is -0.275. The lowest BCUT2D eigenvalue weighted by atomic mass is 9.82. The summed E-state index contributed by atoms with van der Waals surface area (Å²) in [5.41, 5.74) is 3.01. The van der Waals surface area contributed by atoms with Gasteiger partial charge in [-0.15, -0.1) is 13.2 Å². The molecule has 0 unspecified atom stereocenters. The predicted molar refractivity (Wildman–Crippen MR) is 140 cm³/mol. The molecule has 0 radical (unpaired) electrons. The highest BCUT2D eigenvalue weighted by Crippen LogP contribution is 2.49. The minimum atomic E-state index is -4.97. The molecule has 1 atom stereocenters. The number of urea groups is 1. The number of hydrogen-bond donors (Lipinski definition) is 0. The first-order chi connectivity index (χ1) is 19.0. The predicted octanol–water partition coefficient (Wildman–Crippen LogP) is 6.03. The van der Waals surface area contributed by atoms with Crippen LogP contribution in [0.25, 0.3) is 0 Å². The van der Waals surface area contributed by atoms with E-state index in [-0.39, 0.29) is 11.9 Å². The van der Waals surface area contributed by atoms with E-state index in [2.05, 4.69) is 22.6 Å². The van der Waals surface area contributed by atoms with Gasteiger partial charge in [-0.3, -0.25) is 9.80 Å². The number of likely N-dealkylation sites (tertiary alicyclic amines) is 1. The van der Waals surface area contributed by atoms with Gasteiger partial charge in [0.1, 0.15) is 11.5 Å². The summed E-state index contributed by atoms with van der Waals surface area (Å²) in [6, 6.07) is 7.34. The summed E-state index contributed by atoms with van der Waals surface area (Å²) in [5, 5.41) is 0. The maximum atomic E-state index is 13.9. The molecule has 2 saturated heterocycles. The van der Waals surface area contributed by atoms with Gasteiger partial charge >= 0.3 is 12.4 Å². The molecule has 216 valence electrons. The number of hydrogen-bond acceptors (Lipinski definition) is 5. The first-order valence-corrected chi connectivity index (χ1v) is 13.3. The van der Waals surface area contributed by atoms with Gasteiger partial charge in [0, 0.05) is 49.4 Å². The Morgan fingerprint density at radius 2 is 1.77 bits per heavy atom. The van der Waals surface area contributed by atoms with Crippen molar-refractivity contribution in [3.8, 4) is 17.2 Å². The van der Waals surface area contributed by atoms with Gasteiger partial charge in [0.05, 0.1) is 26.3 Å². The first-order valence-electron chi connectivity index (χ1n) is 13.3. The van der Waals surface area contributed by atoms with E-state index in [0.717, 1.165) is 34.7 Å². The van der Waals surface area contributed by atoms with Crippen LogP contribution in [-0.2, 0) is 13.1 Å². The maximum absolute atomic E-state index is 13.9. The Morgan fingerprint density at radius 3 is 2.40 bits per heavy atom. The average molecular weight is 564 g/mol. The standard InChI is InChI=1S/C29H33F4N3O4/c1-5-36-27(37)35-17-20-14-21(38-3)15-24(39-4)26(20)18(2)12-25(35)28(36)8-10-34(11-9-28)16-19-6-7-22(30)23(13-19)40-29(31,32)33/h6-7,12-15,18H,5,8-11,16-17H2,1-4H3/t18-/m1/s1. The van der Waals surface area contributed by atoms with Crippen molar-refractivity contribution in [3.63, 3.8) is 0 Å². The number of halogens is 4. The number of alkyl halides is 3. The molecule has 2 amide bonds. The van der Waals surface area contributed by atoms with E-state index >= 15 is 0 Å². The molecule has 0 bridgehead atoms. The molecule has 2 aromatic carbocycles. The fourth-order valence-corrected chi connectivity index (χ4v) is 6.45. The van der Waals surface area contributed by atoms with Crippen molar-refractivity contribution in [3.05, 3.63) is 64.6 Å². The van der Waals surface area contributed by atoms with Crippen LogP contribution >= 0.6 is 0 Å². The van der Waals surface area contributed by atoms with Gasteiger partial charge in [-0.25, -0.2) is 9.18 Å². The third-order valence-electron chi connectivity index (χ3n) is 8.22. The number of carbonyl (C=O) groups excluding carboxylic acids is 1. The van der Waals surface area contributed by atoms with E-state index < -0.39 is 23.5 Å². The third kappa shape index (κ3) is 4.95. The molecule has 11 heteroatoms. The topological polar surface area (TPSA) is 54.5 Å².